The Bertz CT molecular complexity index is 1330. The van der Waals surface area contributed by atoms with Crippen LogP contribution in [0.2, 0.25) is 0 Å². The fourth-order valence-electron chi connectivity index (χ4n) is 3.71. The van der Waals surface area contributed by atoms with E-state index in [2.05, 4.69) is 15.3 Å². The Kier molecular flexibility index (Phi) is 6.66. The molecule has 1 aliphatic heterocycles. The lowest BCUT2D eigenvalue weighted by Gasteiger charge is -2.34. The van der Waals surface area contributed by atoms with E-state index in [4.69, 9.17) is 4.74 Å². The number of anilines is 2. The van der Waals surface area contributed by atoms with Gasteiger partial charge in [-0.05, 0) is 32.2 Å². The largest absolute Gasteiger partial charge is 0.477 e. The highest BCUT2D eigenvalue weighted by atomic mass is 32.1. The molecule has 1 saturated heterocycles. The first-order valence-corrected chi connectivity index (χ1v) is 11.5. The molecule has 0 spiro atoms. The lowest BCUT2D eigenvalue weighted by atomic mass is 10.1. The molecular formula is C21H22N6O7S. The van der Waals surface area contributed by atoms with Crippen molar-refractivity contribution in [3.8, 4) is 0 Å². The lowest BCUT2D eigenvalue weighted by Crippen LogP contribution is -2.44. The van der Waals surface area contributed by atoms with Gasteiger partial charge in [0.15, 0.2) is 5.82 Å². The summed E-state index contributed by atoms with van der Waals surface area (Å²) in [5, 5.41) is 27.8. The van der Waals surface area contributed by atoms with Crippen LogP contribution in [0.3, 0.4) is 0 Å². The van der Waals surface area contributed by atoms with Gasteiger partial charge in [-0.25, -0.2) is 9.59 Å². The molecule has 14 heteroatoms. The van der Waals surface area contributed by atoms with Gasteiger partial charge in [-0.1, -0.05) is 0 Å². The number of hydrogen-bond acceptors (Lipinski definition) is 10. The number of carboxylic acid groups (broad SMARTS) is 1. The standard InChI is InChI=1S/C21H22N6O7S/c1-3-34-21(31)26-19-14(11-16(35-19)20(29)30)17(23-26)22-18(28)13-5-4-12(10-15(13)27(32)33)25-8-6-24(2)7-9-25/h4-5,10-11H,3,6-9H2,1-2H3,(H,29,30)(H,22,23,28). The van der Waals surface area contributed by atoms with Crippen LogP contribution in [0.5, 0.6) is 0 Å². The summed E-state index contributed by atoms with van der Waals surface area (Å²) in [7, 11) is 2.00. The van der Waals surface area contributed by atoms with Crippen molar-refractivity contribution >= 4 is 56.7 Å². The van der Waals surface area contributed by atoms with Crippen LogP contribution < -0.4 is 10.2 Å². The third-order valence-corrected chi connectivity index (χ3v) is 6.63. The Hall–Kier alpha value is -4.04. The van der Waals surface area contributed by atoms with Crippen molar-refractivity contribution < 1.29 is 29.2 Å². The van der Waals surface area contributed by atoms with Crippen LogP contribution in [0.15, 0.2) is 24.3 Å². The van der Waals surface area contributed by atoms with Crippen molar-refractivity contribution in [1.29, 1.82) is 0 Å². The second kappa shape index (κ2) is 9.68. The Morgan fingerprint density at radius 2 is 1.94 bits per heavy atom. The minimum absolute atomic E-state index is 0.0604. The summed E-state index contributed by atoms with van der Waals surface area (Å²) in [6, 6.07) is 5.65. The maximum absolute atomic E-state index is 13.0. The van der Waals surface area contributed by atoms with Crippen LogP contribution >= 0.6 is 11.3 Å². The highest BCUT2D eigenvalue weighted by molar-refractivity contribution is 7.20. The first kappa shape index (κ1) is 24.1. The number of likely N-dealkylation sites (N-methyl/N-ethyl adjacent to an activating group) is 1. The molecule has 1 aromatic carbocycles. The Balaban J connectivity index is 1.67. The third kappa shape index (κ3) is 4.79. The number of fused-ring (bicyclic) bond motifs is 1. The van der Waals surface area contributed by atoms with Crippen molar-refractivity contribution in [3.05, 3.63) is 44.8 Å². The van der Waals surface area contributed by atoms with E-state index in [1.54, 1.807) is 13.0 Å². The van der Waals surface area contributed by atoms with Crippen LogP contribution in [-0.2, 0) is 4.74 Å². The number of aromatic nitrogens is 2. The number of nitrogens with one attached hydrogen (secondary N) is 1. The maximum Gasteiger partial charge on any atom is 0.436 e. The molecule has 0 radical (unpaired) electrons. The molecule has 0 bridgehead atoms. The van der Waals surface area contributed by atoms with Gasteiger partial charge < -0.3 is 25.0 Å². The Labute approximate surface area is 202 Å². The minimum atomic E-state index is -1.21. The molecule has 35 heavy (non-hydrogen) atoms. The van der Waals surface area contributed by atoms with Crippen molar-refractivity contribution in [2.75, 3.05) is 50.1 Å². The first-order valence-electron chi connectivity index (χ1n) is 10.7. The number of rotatable bonds is 6. The number of nitro groups is 1. The summed E-state index contributed by atoms with van der Waals surface area (Å²) in [5.41, 5.74) is 0.0659. The Morgan fingerprint density at radius 1 is 1.23 bits per heavy atom. The molecule has 13 nitrogen and oxygen atoms in total. The van der Waals surface area contributed by atoms with Gasteiger partial charge in [-0.15, -0.1) is 16.4 Å². The van der Waals surface area contributed by atoms with Crippen molar-refractivity contribution in [2.24, 2.45) is 0 Å². The van der Waals surface area contributed by atoms with Gasteiger partial charge in [0.05, 0.1) is 16.9 Å². The number of carbonyl (C=O) groups excluding carboxylic acids is 2. The smallest absolute Gasteiger partial charge is 0.436 e. The summed E-state index contributed by atoms with van der Waals surface area (Å²) in [4.78, 5) is 52.2. The first-order chi connectivity index (χ1) is 16.7. The molecule has 3 aromatic rings. The van der Waals surface area contributed by atoms with E-state index < -0.39 is 22.9 Å². The normalized spacial score (nSPS) is 14.2. The lowest BCUT2D eigenvalue weighted by molar-refractivity contribution is -0.385. The van der Waals surface area contributed by atoms with E-state index in [9.17, 15) is 29.6 Å². The average Bonchev–Trinajstić information content (AvgIpc) is 3.40. The molecule has 184 valence electrons. The number of nitro benzene ring substituents is 1. The SMILES string of the molecule is CCOC(=O)n1nc(NC(=O)c2ccc(N3CCN(C)CC3)cc2[N+](=O)[O-])c2cc(C(=O)O)sc21. The summed E-state index contributed by atoms with van der Waals surface area (Å²) in [5.74, 6) is -2.15. The van der Waals surface area contributed by atoms with Crippen molar-refractivity contribution in [2.45, 2.75) is 6.92 Å². The Morgan fingerprint density at radius 3 is 2.57 bits per heavy atom. The molecule has 2 aromatic heterocycles. The summed E-state index contributed by atoms with van der Waals surface area (Å²) in [6.45, 7) is 4.69. The number of piperazine rings is 1. The molecule has 1 aliphatic rings. The van der Waals surface area contributed by atoms with Gasteiger partial charge >= 0.3 is 12.1 Å². The molecule has 2 N–H and O–H groups in total. The number of carboxylic acids is 1. The maximum atomic E-state index is 13.0. The van der Waals surface area contributed by atoms with Crippen LogP contribution in [0, 0.1) is 10.1 Å². The van der Waals surface area contributed by atoms with Gasteiger partial charge in [0, 0.05) is 37.9 Å². The molecule has 0 unspecified atom stereocenters. The van der Waals surface area contributed by atoms with Crippen molar-refractivity contribution in [3.63, 3.8) is 0 Å². The van der Waals surface area contributed by atoms with E-state index in [0.717, 1.165) is 29.1 Å². The number of carbonyl (C=O) groups is 3. The van der Waals surface area contributed by atoms with Crippen LogP contribution in [-0.4, -0.2) is 82.5 Å². The zero-order valence-electron chi connectivity index (χ0n) is 18.9. The quantitative estimate of drug-likeness (QED) is 0.379. The van der Waals surface area contributed by atoms with Gasteiger partial charge in [0.1, 0.15) is 15.3 Å². The number of ether oxygens (including phenoxy) is 1. The van der Waals surface area contributed by atoms with E-state index in [-0.39, 0.29) is 38.8 Å². The fraction of sp³-hybridized carbons (Fsp3) is 0.333. The minimum Gasteiger partial charge on any atom is -0.477 e. The van der Waals surface area contributed by atoms with Gasteiger partial charge in [-0.3, -0.25) is 14.9 Å². The molecule has 3 heterocycles. The topological polar surface area (TPSA) is 160 Å². The summed E-state index contributed by atoms with van der Waals surface area (Å²) >= 11 is 0.787. The summed E-state index contributed by atoms with van der Waals surface area (Å²) < 4.78 is 5.81. The zero-order valence-corrected chi connectivity index (χ0v) is 19.7. The number of hydrogen-bond donors (Lipinski definition) is 2. The van der Waals surface area contributed by atoms with Gasteiger partial charge in [0.25, 0.3) is 11.6 Å². The summed E-state index contributed by atoms with van der Waals surface area (Å²) in [6.07, 6.45) is -0.848. The van der Waals surface area contributed by atoms with Crippen LogP contribution in [0.1, 0.15) is 27.0 Å². The van der Waals surface area contributed by atoms with Gasteiger partial charge in [-0.2, -0.15) is 4.68 Å². The number of aromatic carboxylic acids is 1. The number of nitrogens with zero attached hydrogens (tertiary/aromatic N) is 5. The number of amides is 1. The van der Waals surface area contributed by atoms with E-state index in [0.29, 0.717) is 18.8 Å². The highest BCUT2D eigenvalue weighted by Gasteiger charge is 2.27. The monoisotopic (exact) mass is 502 g/mol. The molecule has 1 fully saturated rings. The number of thiophene rings is 1. The number of benzene rings is 1. The zero-order chi connectivity index (χ0) is 25.3. The van der Waals surface area contributed by atoms with E-state index in [1.165, 1.54) is 18.2 Å². The molecule has 0 atom stereocenters. The molecule has 4 rings (SSSR count). The van der Waals surface area contributed by atoms with Crippen LogP contribution in [0.4, 0.5) is 22.0 Å². The highest BCUT2D eigenvalue weighted by Crippen LogP contribution is 2.33. The molecule has 0 aliphatic carbocycles. The predicted octanol–water partition coefficient (Wildman–Crippen LogP) is 2.71. The van der Waals surface area contributed by atoms with E-state index in [1.807, 2.05) is 11.9 Å². The average molecular weight is 503 g/mol. The van der Waals surface area contributed by atoms with E-state index >= 15 is 0 Å². The van der Waals surface area contributed by atoms with Gasteiger partial charge in [0.2, 0.25) is 0 Å². The molecular weight excluding hydrogens is 480 g/mol. The second-order valence-corrected chi connectivity index (χ2v) is 8.83. The second-order valence-electron chi connectivity index (χ2n) is 7.80. The third-order valence-electron chi connectivity index (χ3n) is 5.53. The van der Waals surface area contributed by atoms with Crippen LogP contribution in [0.25, 0.3) is 10.2 Å². The van der Waals surface area contributed by atoms with Crippen molar-refractivity contribution in [1.82, 2.24) is 14.7 Å². The molecule has 1 amide bonds. The fourth-order valence-corrected chi connectivity index (χ4v) is 4.65. The predicted molar refractivity (Wildman–Crippen MR) is 128 cm³/mol. The molecule has 0 saturated carbocycles.